The van der Waals surface area contributed by atoms with Crippen LogP contribution in [0.3, 0.4) is 0 Å². The van der Waals surface area contributed by atoms with Gasteiger partial charge in [-0.1, -0.05) is 13.8 Å². The highest BCUT2D eigenvalue weighted by Crippen LogP contribution is 2.37. The Morgan fingerprint density at radius 2 is 1.80 bits per heavy atom. The van der Waals surface area contributed by atoms with Crippen molar-refractivity contribution in [2.24, 2.45) is 0 Å². The largest absolute Gasteiger partial charge is 0.490 e. The Bertz CT molecular complexity index is 401. The van der Waals surface area contributed by atoms with Crippen LogP contribution >= 0.6 is 28.3 Å². The number of hydrogen-bond acceptors (Lipinski definition) is 4. The van der Waals surface area contributed by atoms with Crippen molar-refractivity contribution < 1.29 is 9.47 Å². The van der Waals surface area contributed by atoms with Crippen LogP contribution in [0.1, 0.15) is 20.8 Å². The third-order valence-electron chi connectivity index (χ3n) is 2.88. The molecule has 116 valence electrons. The molecule has 0 saturated heterocycles. The predicted octanol–water partition coefficient (Wildman–Crippen LogP) is 3.57. The molecule has 0 fully saturated rings. The molecule has 0 unspecified atom stereocenters. The Balaban J connectivity index is 0.00000361. The summed E-state index contributed by atoms with van der Waals surface area (Å²) in [4.78, 5) is 2.31. The zero-order valence-corrected chi connectivity index (χ0v) is 14.7. The highest BCUT2D eigenvalue weighted by atomic mass is 79.9. The van der Waals surface area contributed by atoms with Gasteiger partial charge in [-0.15, -0.1) is 12.4 Å². The van der Waals surface area contributed by atoms with Crippen LogP contribution in [0.2, 0.25) is 0 Å². The lowest BCUT2D eigenvalue weighted by Crippen LogP contribution is -2.28. The second kappa shape index (κ2) is 10.1. The minimum atomic E-state index is 0. The fourth-order valence-electron chi connectivity index (χ4n) is 1.81. The maximum Gasteiger partial charge on any atom is 0.175 e. The molecule has 0 atom stereocenters. The highest BCUT2D eigenvalue weighted by molar-refractivity contribution is 9.10. The molecule has 1 aromatic rings. The van der Waals surface area contributed by atoms with Gasteiger partial charge in [0.25, 0.3) is 0 Å². The third kappa shape index (κ3) is 5.77. The number of rotatable bonds is 8. The Hall–Kier alpha value is -0.650. The van der Waals surface area contributed by atoms with Gasteiger partial charge in [0.1, 0.15) is 6.61 Å². The van der Waals surface area contributed by atoms with E-state index in [0.29, 0.717) is 24.7 Å². The number of nitrogens with zero attached hydrogens (tertiary/aromatic N) is 1. The van der Waals surface area contributed by atoms with Gasteiger partial charge in [-0.2, -0.15) is 0 Å². The van der Waals surface area contributed by atoms with E-state index in [9.17, 15) is 0 Å². The normalized spacial score (nSPS) is 10.2. The van der Waals surface area contributed by atoms with Crippen LogP contribution in [-0.2, 0) is 0 Å². The first-order valence-electron chi connectivity index (χ1n) is 6.69. The quantitative estimate of drug-likeness (QED) is 0.714. The summed E-state index contributed by atoms with van der Waals surface area (Å²) in [6.07, 6.45) is 0. The van der Waals surface area contributed by atoms with Crippen molar-refractivity contribution in [1.82, 2.24) is 4.90 Å². The first kappa shape index (κ1) is 19.4. The molecular formula is C14H24BrClN2O2. The molecule has 20 heavy (non-hydrogen) atoms. The molecule has 0 radical (unpaired) electrons. The van der Waals surface area contributed by atoms with Gasteiger partial charge in [-0.25, -0.2) is 0 Å². The predicted molar refractivity (Wildman–Crippen MR) is 90.3 cm³/mol. The second-order valence-corrected chi connectivity index (χ2v) is 4.99. The molecule has 0 aliphatic rings. The summed E-state index contributed by atoms with van der Waals surface area (Å²) < 4.78 is 12.2. The Labute approximate surface area is 136 Å². The molecule has 0 heterocycles. The summed E-state index contributed by atoms with van der Waals surface area (Å²) in [7, 11) is 0. The monoisotopic (exact) mass is 366 g/mol. The lowest BCUT2D eigenvalue weighted by Gasteiger charge is -2.19. The van der Waals surface area contributed by atoms with Gasteiger partial charge in [0, 0.05) is 18.3 Å². The maximum absolute atomic E-state index is 5.84. The van der Waals surface area contributed by atoms with Crippen molar-refractivity contribution in [3.05, 3.63) is 16.6 Å². The number of nitrogens with two attached hydrogens (primary N) is 1. The molecule has 1 rings (SSSR count). The molecule has 0 aliphatic heterocycles. The standard InChI is InChI=1S/C14H23BrN2O2.ClH/c1-4-17(5-2)7-8-19-14-12(15)9-11(16)10-13(14)18-6-3;/h9-10H,4-8,16H2,1-3H3;1H. The van der Waals surface area contributed by atoms with E-state index < -0.39 is 0 Å². The molecule has 0 amide bonds. The van der Waals surface area contributed by atoms with E-state index in [4.69, 9.17) is 15.2 Å². The lowest BCUT2D eigenvalue weighted by molar-refractivity contribution is 0.213. The van der Waals surface area contributed by atoms with Gasteiger partial charge in [0.15, 0.2) is 11.5 Å². The number of halogens is 2. The smallest absolute Gasteiger partial charge is 0.175 e. The zero-order chi connectivity index (χ0) is 14.3. The third-order valence-corrected chi connectivity index (χ3v) is 3.47. The van der Waals surface area contributed by atoms with Crippen LogP contribution in [0.25, 0.3) is 0 Å². The molecule has 0 spiro atoms. The summed E-state index contributed by atoms with van der Waals surface area (Å²) in [5.41, 5.74) is 6.46. The summed E-state index contributed by atoms with van der Waals surface area (Å²) in [5.74, 6) is 1.41. The van der Waals surface area contributed by atoms with Gasteiger partial charge >= 0.3 is 0 Å². The van der Waals surface area contributed by atoms with Gasteiger partial charge in [-0.3, -0.25) is 0 Å². The average molecular weight is 368 g/mol. The van der Waals surface area contributed by atoms with Crippen molar-refractivity contribution in [2.75, 3.05) is 38.6 Å². The summed E-state index contributed by atoms with van der Waals surface area (Å²) in [6, 6.07) is 3.62. The summed E-state index contributed by atoms with van der Waals surface area (Å²) in [5, 5.41) is 0. The SMILES string of the molecule is CCOc1cc(N)cc(Br)c1OCCN(CC)CC.Cl. The summed E-state index contributed by atoms with van der Waals surface area (Å²) in [6.45, 7) is 10.4. The van der Waals surface area contributed by atoms with Crippen LogP contribution in [0.15, 0.2) is 16.6 Å². The fraction of sp³-hybridized carbons (Fsp3) is 0.571. The van der Waals surface area contributed by atoms with E-state index in [1.165, 1.54) is 0 Å². The molecule has 0 saturated carbocycles. The van der Waals surface area contributed by atoms with Crippen molar-refractivity contribution >= 4 is 34.0 Å². The molecule has 2 N–H and O–H groups in total. The van der Waals surface area contributed by atoms with E-state index in [0.717, 1.165) is 29.9 Å². The number of nitrogen functional groups attached to an aromatic ring is 1. The number of benzene rings is 1. The molecule has 0 aliphatic carbocycles. The van der Waals surface area contributed by atoms with E-state index in [1.54, 1.807) is 6.07 Å². The van der Waals surface area contributed by atoms with Crippen LogP contribution in [0, 0.1) is 0 Å². The van der Waals surface area contributed by atoms with Crippen LogP contribution in [0.4, 0.5) is 5.69 Å². The van der Waals surface area contributed by atoms with E-state index in [1.807, 2.05) is 13.0 Å². The van der Waals surface area contributed by atoms with Crippen molar-refractivity contribution in [1.29, 1.82) is 0 Å². The van der Waals surface area contributed by atoms with Gasteiger partial charge in [0.05, 0.1) is 11.1 Å². The highest BCUT2D eigenvalue weighted by Gasteiger charge is 2.11. The number of hydrogen-bond donors (Lipinski definition) is 1. The Morgan fingerprint density at radius 3 is 2.35 bits per heavy atom. The fourth-order valence-corrected chi connectivity index (χ4v) is 2.38. The van der Waals surface area contributed by atoms with Gasteiger partial charge in [-0.05, 0) is 42.0 Å². The molecule has 0 bridgehead atoms. The van der Waals surface area contributed by atoms with Crippen LogP contribution in [0.5, 0.6) is 11.5 Å². The minimum Gasteiger partial charge on any atom is -0.490 e. The minimum absolute atomic E-state index is 0. The number of likely N-dealkylation sites (N-methyl/N-ethyl adjacent to an activating group) is 1. The molecular weight excluding hydrogens is 344 g/mol. The molecule has 0 aromatic heterocycles. The topological polar surface area (TPSA) is 47.7 Å². The average Bonchev–Trinajstić information content (AvgIpc) is 2.37. The van der Waals surface area contributed by atoms with Crippen molar-refractivity contribution in [3.63, 3.8) is 0 Å². The Morgan fingerprint density at radius 1 is 1.15 bits per heavy atom. The molecule has 4 nitrogen and oxygen atoms in total. The molecule has 6 heteroatoms. The van der Waals surface area contributed by atoms with Crippen molar-refractivity contribution in [3.8, 4) is 11.5 Å². The van der Waals surface area contributed by atoms with Crippen molar-refractivity contribution in [2.45, 2.75) is 20.8 Å². The van der Waals surface area contributed by atoms with E-state index in [-0.39, 0.29) is 12.4 Å². The summed E-state index contributed by atoms with van der Waals surface area (Å²) >= 11 is 3.47. The number of anilines is 1. The van der Waals surface area contributed by atoms with Crippen LogP contribution in [-0.4, -0.2) is 37.7 Å². The Kier molecular flexibility index (Phi) is 9.80. The molecule has 1 aromatic carbocycles. The maximum atomic E-state index is 5.84. The van der Waals surface area contributed by atoms with Gasteiger partial charge < -0.3 is 20.1 Å². The second-order valence-electron chi connectivity index (χ2n) is 4.14. The van der Waals surface area contributed by atoms with Gasteiger partial charge in [0.2, 0.25) is 0 Å². The zero-order valence-electron chi connectivity index (χ0n) is 12.3. The van der Waals surface area contributed by atoms with Crippen LogP contribution < -0.4 is 15.2 Å². The first-order valence-corrected chi connectivity index (χ1v) is 7.48. The lowest BCUT2D eigenvalue weighted by atomic mass is 10.3. The first-order chi connectivity index (χ1) is 9.12. The van der Waals surface area contributed by atoms with E-state index in [2.05, 4.69) is 34.7 Å². The number of ether oxygens (including phenoxy) is 2. The van der Waals surface area contributed by atoms with E-state index >= 15 is 0 Å².